The van der Waals surface area contributed by atoms with E-state index in [2.05, 4.69) is 221 Å². The predicted octanol–water partition coefficient (Wildman–Crippen LogP) is 25.7. The molecule has 9 heterocycles. The average molecular weight is 1650 g/mol. The van der Waals surface area contributed by atoms with E-state index >= 15 is 0 Å². The van der Waals surface area contributed by atoms with Crippen LogP contribution < -0.4 is 0 Å². The van der Waals surface area contributed by atoms with Crippen molar-refractivity contribution in [3.63, 3.8) is 0 Å². The molecule has 0 saturated heterocycles. The summed E-state index contributed by atoms with van der Waals surface area (Å²) in [6.45, 7) is 0. The van der Waals surface area contributed by atoms with Gasteiger partial charge in [0.15, 0.2) is 52.4 Å². The SMILES string of the molecule is c1ccc(-c2cccc(-c3nc(-c4ccccc4)nc(-c4cccc(-c5ccnc6c5Cc5ccncc5-6)c4)n3)c2)cc1.c1ccc(-c2nc(-c3ccccc3)nc(-c3cccc(-c4ccc(-c5nccc6c5Cc5ccncc5-6)cc4)c3)n2)cc1.c1ccc(-c2nc(-c3ccccc3)nc(-c3cccc(-c4cccc(-c5nccc6c5Cc5ccncc5-6)c4)c3)n2)cc1. The maximum absolute atomic E-state index is 5.03. The second-order valence-electron chi connectivity index (χ2n) is 31.8. The lowest BCUT2D eigenvalue weighted by Gasteiger charge is -2.12. The van der Waals surface area contributed by atoms with E-state index in [9.17, 15) is 0 Å². The second-order valence-corrected chi connectivity index (χ2v) is 31.8. The van der Waals surface area contributed by atoms with Crippen molar-refractivity contribution in [1.82, 2.24) is 74.8 Å². The van der Waals surface area contributed by atoms with E-state index < -0.39 is 0 Å². The minimum Gasteiger partial charge on any atom is -0.264 e. The van der Waals surface area contributed by atoms with Gasteiger partial charge in [-0.1, -0.05) is 297 Å². The van der Waals surface area contributed by atoms with Gasteiger partial charge in [-0.05, 0) is 156 Å². The summed E-state index contributed by atoms with van der Waals surface area (Å²) in [5, 5.41) is 0. The first-order valence-corrected chi connectivity index (χ1v) is 42.9. The molecule has 0 aliphatic heterocycles. The zero-order chi connectivity index (χ0) is 85.8. The molecule has 24 rings (SSSR count). The van der Waals surface area contributed by atoms with Gasteiger partial charge in [0.25, 0.3) is 0 Å². The summed E-state index contributed by atoms with van der Waals surface area (Å²) in [7, 11) is 0. The van der Waals surface area contributed by atoms with Crippen LogP contribution in [0.5, 0.6) is 0 Å². The molecule has 21 aromatic rings. The van der Waals surface area contributed by atoms with Gasteiger partial charge >= 0.3 is 0 Å². The fourth-order valence-electron chi connectivity index (χ4n) is 17.4. The van der Waals surface area contributed by atoms with Gasteiger partial charge in [-0.3, -0.25) is 29.9 Å². The number of nitrogens with zero attached hydrogens (tertiary/aromatic N) is 15. The molecular formula is C114H75N15. The summed E-state index contributed by atoms with van der Waals surface area (Å²) in [4.78, 5) is 71.6. The van der Waals surface area contributed by atoms with Crippen molar-refractivity contribution in [1.29, 1.82) is 0 Å². The first-order chi connectivity index (χ1) is 63.9. The second kappa shape index (κ2) is 34.7. The van der Waals surface area contributed by atoms with Crippen LogP contribution in [-0.4, -0.2) is 74.8 Å². The maximum Gasteiger partial charge on any atom is 0.164 e. The van der Waals surface area contributed by atoms with E-state index in [1.54, 1.807) is 0 Å². The molecule has 0 fully saturated rings. The van der Waals surface area contributed by atoms with Crippen LogP contribution in [0.25, 0.3) is 203 Å². The molecule has 606 valence electrons. The van der Waals surface area contributed by atoms with Gasteiger partial charge in [-0.15, -0.1) is 0 Å². The highest BCUT2D eigenvalue weighted by Crippen LogP contribution is 2.45. The van der Waals surface area contributed by atoms with Crippen LogP contribution in [0, 0.1) is 0 Å². The van der Waals surface area contributed by atoms with Crippen molar-refractivity contribution in [2.45, 2.75) is 19.3 Å². The van der Waals surface area contributed by atoms with Crippen LogP contribution in [0.3, 0.4) is 0 Å². The molecule has 0 atom stereocenters. The Bertz CT molecular complexity index is 7640. The third-order valence-corrected chi connectivity index (χ3v) is 23.8. The van der Waals surface area contributed by atoms with Crippen molar-refractivity contribution in [3.05, 3.63) is 453 Å². The minimum absolute atomic E-state index is 0.633. The molecule has 0 saturated carbocycles. The van der Waals surface area contributed by atoms with Crippen molar-refractivity contribution in [3.8, 4) is 203 Å². The summed E-state index contributed by atoms with van der Waals surface area (Å²) in [5.74, 6) is 5.80. The average Bonchev–Trinajstić information content (AvgIpc) is 1.63. The van der Waals surface area contributed by atoms with Crippen molar-refractivity contribution in [2.24, 2.45) is 0 Å². The number of rotatable bonds is 15. The number of benzene rings is 12. The lowest BCUT2D eigenvalue weighted by molar-refractivity contribution is 1.07. The Morgan fingerprint density at radius 3 is 0.760 bits per heavy atom. The van der Waals surface area contributed by atoms with Gasteiger partial charge in [0.1, 0.15) is 0 Å². The van der Waals surface area contributed by atoms with Gasteiger partial charge in [-0.2, -0.15) is 0 Å². The summed E-state index contributed by atoms with van der Waals surface area (Å²) in [6, 6.07) is 124. The number of fused-ring (bicyclic) bond motifs is 9. The fourth-order valence-corrected chi connectivity index (χ4v) is 17.4. The Labute approximate surface area is 745 Å². The van der Waals surface area contributed by atoms with Crippen LogP contribution in [0.4, 0.5) is 0 Å². The Morgan fingerprint density at radius 1 is 0.147 bits per heavy atom. The quantitative estimate of drug-likeness (QED) is 0.0940. The highest BCUT2D eigenvalue weighted by Gasteiger charge is 2.28. The van der Waals surface area contributed by atoms with Gasteiger partial charge in [0.2, 0.25) is 0 Å². The first kappa shape index (κ1) is 77.6. The molecule has 3 aliphatic carbocycles. The van der Waals surface area contributed by atoms with E-state index in [1.165, 1.54) is 55.6 Å². The molecule has 0 spiro atoms. The van der Waals surface area contributed by atoms with E-state index in [0.717, 1.165) is 148 Å². The Balaban J connectivity index is 0.000000114. The van der Waals surface area contributed by atoms with Crippen LogP contribution in [-0.2, 0) is 19.3 Å². The Hall–Kier alpha value is -17.4. The van der Waals surface area contributed by atoms with Gasteiger partial charge in [-0.25, -0.2) is 44.9 Å². The van der Waals surface area contributed by atoms with Crippen molar-refractivity contribution in [2.75, 3.05) is 0 Å². The highest BCUT2D eigenvalue weighted by molar-refractivity contribution is 5.88. The lowest BCUT2D eigenvalue weighted by Crippen LogP contribution is -2.00. The van der Waals surface area contributed by atoms with Crippen molar-refractivity contribution < 1.29 is 0 Å². The molecule has 9 aromatic heterocycles. The highest BCUT2D eigenvalue weighted by atomic mass is 15.1. The summed E-state index contributed by atoms with van der Waals surface area (Å²) in [6.07, 6.45) is 19.7. The molecule has 3 aliphatic rings. The normalized spacial score (nSPS) is 11.6. The van der Waals surface area contributed by atoms with Crippen LogP contribution in [0.15, 0.2) is 420 Å². The fraction of sp³-hybridized carbons (Fsp3) is 0.0263. The van der Waals surface area contributed by atoms with Crippen molar-refractivity contribution >= 4 is 0 Å². The smallest absolute Gasteiger partial charge is 0.164 e. The molecule has 0 radical (unpaired) electrons. The molecule has 15 nitrogen and oxygen atoms in total. The predicted molar refractivity (Wildman–Crippen MR) is 513 cm³/mol. The van der Waals surface area contributed by atoms with Gasteiger partial charge < -0.3 is 0 Å². The zero-order valence-corrected chi connectivity index (χ0v) is 69.7. The summed E-state index contributed by atoms with van der Waals surface area (Å²) < 4.78 is 0. The zero-order valence-electron chi connectivity index (χ0n) is 69.7. The largest absolute Gasteiger partial charge is 0.264 e. The standard InChI is InChI=1S/3C38H25N5/c1-3-9-25(10-4-1)36-41-37(26-11-5-2-6-12-26)43-38(42-36)31-16-8-14-28(22-31)27-13-7-15-30(21-27)35-33-23-29-17-19-39-24-34(29)32(33)18-20-40-35;1-3-9-25(10-4-1)27-13-7-15-30(21-27)37-41-36(26-11-5-2-6-12-26)42-38(43-37)31-16-8-14-28(22-31)32-18-20-40-35-33(32)23-29-17-19-39-24-34(29)35;1-3-8-27(9-4-1)36-41-37(28-10-5-2-6-11-28)43-38(42-36)31-13-7-12-29(22-31)25-14-16-26(17-15-25)35-33-23-30-18-20-39-24-34(30)32(33)19-21-40-35/h3*1-22,24H,23H2. The molecule has 129 heavy (non-hydrogen) atoms. The molecule has 0 bridgehead atoms. The van der Waals surface area contributed by atoms with Crippen LogP contribution in [0.2, 0.25) is 0 Å². The Kier molecular flexibility index (Phi) is 20.9. The molecule has 12 aromatic carbocycles. The summed E-state index contributed by atoms with van der Waals surface area (Å²) in [5.41, 5.74) is 36.3. The minimum atomic E-state index is 0.633. The lowest BCUT2D eigenvalue weighted by atomic mass is 9.97. The molecule has 15 heteroatoms. The maximum atomic E-state index is 5.03. The van der Waals surface area contributed by atoms with Gasteiger partial charge in [0.05, 0.1) is 17.1 Å². The van der Waals surface area contributed by atoms with Crippen LogP contribution in [0.1, 0.15) is 33.4 Å². The number of aromatic nitrogens is 15. The monoisotopic (exact) mass is 1650 g/mol. The van der Waals surface area contributed by atoms with E-state index in [-0.39, 0.29) is 0 Å². The topological polar surface area (TPSA) is 193 Å². The molecule has 0 unspecified atom stereocenters. The molecule has 0 amide bonds. The molecule has 0 N–H and O–H groups in total. The molecular weight excluding hydrogens is 1580 g/mol. The third kappa shape index (κ3) is 16.0. The van der Waals surface area contributed by atoms with Crippen LogP contribution >= 0.6 is 0 Å². The van der Waals surface area contributed by atoms with Gasteiger partial charge in [0, 0.05) is 153 Å². The number of hydrogen-bond acceptors (Lipinski definition) is 15. The first-order valence-electron chi connectivity index (χ1n) is 42.9. The van der Waals surface area contributed by atoms with E-state index in [4.69, 9.17) is 59.8 Å². The number of hydrogen-bond donors (Lipinski definition) is 0. The van der Waals surface area contributed by atoms with E-state index in [1.807, 2.05) is 213 Å². The third-order valence-electron chi connectivity index (χ3n) is 23.8. The summed E-state index contributed by atoms with van der Waals surface area (Å²) >= 11 is 0. The van der Waals surface area contributed by atoms with E-state index in [0.29, 0.717) is 52.4 Å². The Morgan fingerprint density at radius 2 is 0.388 bits per heavy atom. The number of pyridine rings is 6.